The van der Waals surface area contributed by atoms with Gasteiger partial charge in [-0.15, -0.1) is 11.3 Å². The Morgan fingerprint density at radius 1 is 1.39 bits per heavy atom. The Kier molecular flexibility index (Phi) is 5.37. The zero-order valence-corrected chi connectivity index (χ0v) is 17.2. The lowest BCUT2D eigenvalue weighted by atomic mass is 9.89. The fourth-order valence-electron chi connectivity index (χ4n) is 3.45. The minimum absolute atomic E-state index is 0.164. The molecule has 0 aliphatic heterocycles. The molecule has 2 heterocycles. The molecule has 0 fully saturated rings. The number of methoxy groups -OCH3 is 1. The summed E-state index contributed by atoms with van der Waals surface area (Å²) in [5.74, 6) is 1.36. The van der Waals surface area contributed by atoms with E-state index in [1.165, 1.54) is 23.9 Å². The lowest BCUT2D eigenvalue weighted by Crippen LogP contribution is -2.21. The summed E-state index contributed by atoms with van der Waals surface area (Å²) in [6, 6.07) is 5.04. The van der Waals surface area contributed by atoms with Gasteiger partial charge in [-0.25, -0.2) is 9.97 Å². The smallest absolute Gasteiger partial charge is 0.262 e. The number of nitrogens with one attached hydrogen (secondary N) is 1. The highest BCUT2D eigenvalue weighted by Gasteiger charge is 2.24. The first-order chi connectivity index (χ1) is 13.5. The maximum absolute atomic E-state index is 12.4. The number of carbonyl (C=O) groups excluding carboxylic acids is 1. The molecule has 2 aromatic heterocycles. The summed E-state index contributed by atoms with van der Waals surface area (Å²) in [5.41, 5.74) is 1.77. The van der Waals surface area contributed by atoms with E-state index in [0.717, 1.165) is 29.5 Å². The summed E-state index contributed by atoms with van der Waals surface area (Å²) >= 11 is 7.71. The number of nitrogens with zero attached hydrogens (tertiary/aromatic N) is 2. The van der Waals surface area contributed by atoms with Crippen molar-refractivity contribution in [2.75, 3.05) is 19.0 Å². The predicted octanol–water partition coefficient (Wildman–Crippen LogP) is 4.50. The van der Waals surface area contributed by atoms with E-state index in [2.05, 4.69) is 22.2 Å². The van der Waals surface area contributed by atoms with Crippen LogP contribution >= 0.6 is 22.9 Å². The molecule has 1 amide bonds. The van der Waals surface area contributed by atoms with E-state index in [0.29, 0.717) is 28.3 Å². The third-order valence-corrected chi connectivity index (χ3v) is 6.23. The Bertz CT molecular complexity index is 1040. The van der Waals surface area contributed by atoms with Crippen LogP contribution in [-0.2, 0) is 17.6 Å². The molecule has 0 radical (unpaired) electrons. The topological polar surface area (TPSA) is 73.3 Å². The highest BCUT2D eigenvalue weighted by molar-refractivity contribution is 7.18. The molecule has 1 N–H and O–H groups in total. The van der Waals surface area contributed by atoms with Crippen molar-refractivity contribution in [3.8, 4) is 11.6 Å². The lowest BCUT2D eigenvalue weighted by molar-refractivity contribution is -0.118. The van der Waals surface area contributed by atoms with E-state index >= 15 is 0 Å². The second-order valence-corrected chi connectivity index (χ2v) is 8.41. The molecule has 0 saturated heterocycles. The van der Waals surface area contributed by atoms with Crippen LogP contribution in [0.4, 0.5) is 5.69 Å². The second kappa shape index (κ2) is 7.93. The number of carbonyl (C=O) groups is 1. The van der Waals surface area contributed by atoms with Gasteiger partial charge in [-0.2, -0.15) is 0 Å². The van der Waals surface area contributed by atoms with Crippen molar-refractivity contribution in [3.63, 3.8) is 0 Å². The van der Waals surface area contributed by atoms with Crippen LogP contribution in [-0.4, -0.2) is 29.6 Å². The number of aromatic nitrogens is 2. The average Bonchev–Trinajstić information content (AvgIpc) is 3.04. The van der Waals surface area contributed by atoms with Gasteiger partial charge in [0.15, 0.2) is 6.61 Å². The number of rotatable bonds is 5. The minimum Gasteiger partial charge on any atom is -0.495 e. The normalized spacial score (nSPS) is 15.9. The number of benzene rings is 1. The lowest BCUT2D eigenvalue weighted by Gasteiger charge is -2.18. The zero-order valence-electron chi connectivity index (χ0n) is 15.6. The van der Waals surface area contributed by atoms with E-state index < -0.39 is 0 Å². The summed E-state index contributed by atoms with van der Waals surface area (Å²) in [6.45, 7) is 2.10. The number of amides is 1. The molecule has 8 heteroatoms. The van der Waals surface area contributed by atoms with E-state index in [9.17, 15) is 4.79 Å². The van der Waals surface area contributed by atoms with Gasteiger partial charge in [-0.1, -0.05) is 18.5 Å². The Morgan fingerprint density at radius 3 is 3.07 bits per heavy atom. The Morgan fingerprint density at radius 2 is 2.25 bits per heavy atom. The minimum atomic E-state index is -0.315. The van der Waals surface area contributed by atoms with Gasteiger partial charge in [-0.3, -0.25) is 4.79 Å². The molecule has 1 aliphatic rings. The number of fused-ring (bicyclic) bond motifs is 3. The van der Waals surface area contributed by atoms with Gasteiger partial charge >= 0.3 is 0 Å². The number of ether oxygens (including phenoxy) is 2. The monoisotopic (exact) mass is 417 g/mol. The van der Waals surface area contributed by atoms with Crippen molar-refractivity contribution < 1.29 is 14.3 Å². The average molecular weight is 418 g/mol. The first kappa shape index (κ1) is 19.0. The van der Waals surface area contributed by atoms with Crippen LogP contribution in [0.1, 0.15) is 23.8 Å². The molecule has 1 aliphatic carbocycles. The van der Waals surface area contributed by atoms with Crippen LogP contribution < -0.4 is 14.8 Å². The van der Waals surface area contributed by atoms with Crippen molar-refractivity contribution in [3.05, 3.63) is 40.0 Å². The summed E-state index contributed by atoms with van der Waals surface area (Å²) in [4.78, 5) is 23.3. The van der Waals surface area contributed by atoms with Crippen molar-refractivity contribution in [1.82, 2.24) is 9.97 Å². The van der Waals surface area contributed by atoms with Crippen LogP contribution in [0.25, 0.3) is 10.2 Å². The van der Waals surface area contributed by atoms with Crippen LogP contribution in [0.15, 0.2) is 24.5 Å². The molecule has 0 unspecified atom stereocenters. The van der Waals surface area contributed by atoms with E-state index in [1.807, 2.05) is 0 Å². The highest BCUT2D eigenvalue weighted by atomic mass is 35.5. The zero-order chi connectivity index (χ0) is 19.7. The fraction of sp³-hybridized carbons (Fsp3) is 0.350. The largest absolute Gasteiger partial charge is 0.495 e. The number of aryl methyl sites for hydroxylation is 1. The van der Waals surface area contributed by atoms with E-state index in [-0.39, 0.29) is 12.5 Å². The fourth-order valence-corrected chi connectivity index (χ4v) is 4.97. The van der Waals surface area contributed by atoms with Crippen LogP contribution in [0, 0.1) is 5.92 Å². The molecular weight excluding hydrogens is 398 g/mol. The summed E-state index contributed by atoms with van der Waals surface area (Å²) in [6.07, 6.45) is 4.68. The first-order valence-electron chi connectivity index (χ1n) is 9.06. The van der Waals surface area contributed by atoms with Crippen molar-refractivity contribution in [2.45, 2.75) is 26.2 Å². The Labute approximate surface area is 171 Å². The van der Waals surface area contributed by atoms with Crippen molar-refractivity contribution >= 4 is 44.7 Å². The molecule has 3 aromatic rings. The quantitative estimate of drug-likeness (QED) is 0.661. The molecule has 0 bridgehead atoms. The predicted molar refractivity (Wildman–Crippen MR) is 111 cm³/mol. The van der Waals surface area contributed by atoms with Gasteiger partial charge in [0.1, 0.15) is 16.9 Å². The van der Waals surface area contributed by atoms with Gasteiger partial charge in [0.2, 0.25) is 5.88 Å². The number of hydrogen-bond acceptors (Lipinski definition) is 6. The molecule has 28 heavy (non-hydrogen) atoms. The second-order valence-electron chi connectivity index (χ2n) is 6.89. The van der Waals surface area contributed by atoms with Crippen LogP contribution in [0.5, 0.6) is 11.6 Å². The molecule has 6 nitrogen and oxygen atoms in total. The van der Waals surface area contributed by atoms with Crippen LogP contribution in [0.3, 0.4) is 0 Å². The number of hydrogen-bond donors (Lipinski definition) is 1. The molecule has 146 valence electrons. The Balaban J connectivity index is 1.52. The van der Waals surface area contributed by atoms with Gasteiger partial charge in [0.05, 0.1) is 18.2 Å². The van der Waals surface area contributed by atoms with Crippen LogP contribution in [0.2, 0.25) is 5.02 Å². The van der Waals surface area contributed by atoms with E-state index in [1.54, 1.807) is 29.5 Å². The molecule has 1 aromatic carbocycles. The maximum Gasteiger partial charge on any atom is 0.262 e. The molecule has 0 spiro atoms. The third-order valence-electron chi connectivity index (χ3n) is 4.83. The number of halogens is 1. The Hall–Kier alpha value is -2.38. The highest BCUT2D eigenvalue weighted by Crippen LogP contribution is 2.40. The van der Waals surface area contributed by atoms with Crippen molar-refractivity contribution in [2.24, 2.45) is 5.92 Å². The summed E-state index contributed by atoms with van der Waals surface area (Å²) < 4.78 is 11.0. The SMILES string of the molecule is COc1ccc(Cl)cc1NC(=O)COc1ncnc2sc3c(c12)CC[C@H](C)C3. The van der Waals surface area contributed by atoms with Gasteiger partial charge in [-0.05, 0) is 48.9 Å². The number of thiophene rings is 1. The molecule has 4 rings (SSSR count). The van der Waals surface area contributed by atoms with Gasteiger partial charge in [0.25, 0.3) is 5.91 Å². The first-order valence-corrected chi connectivity index (χ1v) is 10.3. The molecular formula is C20H20ClN3O3S. The number of anilines is 1. The maximum atomic E-state index is 12.4. The van der Waals surface area contributed by atoms with Crippen molar-refractivity contribution in [1.29, 1.82) is 0 Å². The van der Waals surface area contributed by atoms with Gasteiger partial charge < -0.3 is 14.8 Å². The van der Waals surface area contributed by atoms with E-state index in [4.69, 9.17) is 21.1 Å². The summed E-state index contributed by atoms with van der Waals surface area (Å²) in [5, 5.41) is 4.22. The van der Waals surface area contributed by atoms with Gasteiger partial charge in [0, 0.05) is 9.90 Å². The molecule has 0 saturated carbocycles. The molecule has 1 atom stereocenters. The summed E-state index contributed by atoms with van der Waals surface area (Å²) in [7, 11) is 1.54. The third kappa shape index (κ3) is 3.77. The standard InChI is InChI=1S/C20H20ClN3O3S/c1-11-3-5-13-16(7-11)28-20-18(13)19(22-10-23-20)27-9-17(25)24-14-8-12(21)4-6-15(14)26-2/h4,6,8,10-11H,3,5,7,9H2,1-2H3,(H,24,25)/t11-/m0/s1.